The molecule has 0 bridgehead atoms. The van der Waals surface area contributed by atoms with Crippen molar-refractivity contribution in [3.8, 4) is 0 Å². The third-order valence-corrected chi connectivity index (χ3v) is 3.76. The first-order valence-corrected chi connectivity index (χ1v) is 6.34. The number of likely N-dealkylation sites (tertiary alicyclic amines) is 1. The Morgan fingerprint density at radius 3 is 2.47 bits per heavy atom. The summed E-state index contributed by atoms with van der Waals surface area (Å²) >= 11 is 0. The van der Waals surface area contributed by atoms with E-state index in [4.69, 9.17) is 4.74 Å². The standard InChI is InChI=1S/C14H24NO2/c1-4-9-13(5-2)15(12-14(16)17-3)10-7-6-8-11-15/h4-5,13H,1-2,6-12H2,3H3/q+1/t13-/m0/s1. The number of esters is 1. The van der Waals surface area contributed by atoms with Crippen molar-refractivity contribution >= 4 is 5.97 Å². The Bertz CT molecular complexity index is 280. The number of rotatable bonds is 6. The maximum Gasteiger partial charge on any atom is 0.361 e. The summed E-state index contributed by atoms with van der Waals surface area (Å²) < 4.78 is 5.63. The van der Waals surface area contributed by atoms with E-state index in [0.29, 0.717) is 6.54 Å². The van der Waals surface area contributed by atoms with Crippen molar-refractivity contribution in [3.63, 3.8) is 0 Å². The Labute approximate surface area is 104 Å². The average Bonchev–Trinajstić information content (AvgIpc) is 2.36. The molecule has 0 aromatic heterocycles. The second-order valence-corrected chi connectivity index (χ2v) is 4.79. The van der Waals surface area contributed by atoms with Gasteiger partial charge in [0.1, 0.15) is 6.04 Å². The molecule has 3 heteroatoms. The van der Waals surface area contributed by atoms with Gasteiger partial charge in [0.15, 0.2) is 6.54 Å². The lowest BCUT2D eigenvalue weighted by Crippen LogP contribution is -2.59. The van der Waals surface area contributed by atoms with Gasteiger partial charge in [-0.3, -0.25) is 0 Å². The van der Waals surface area contributed by atoms with E-state index in [0.717, 1.165) is 24.0 Å². The molecule has 0 aromatic rings. The van der Waals surface area contributed by atoms with Gasteiger partial charge in [0, 0.05) is 6.42 Å². The molecular formula is C14H24NO2+. The van der Waals surface area contributed by atoms with Gasteiger partial charge < -0.3 is 9.22 Å². The summed E-state index contributed by atoms with van der Waals surface area (Å²) in [5, 5.41) is 0. The number of hydrogen-bond donors (Lipinski definition) is 0. The topological polar surface area (TPSA) is 26.3 Å². The smallest absolute Gasteiger partial charge is 0.361 e. The van der Waals surface area contributed by atoms with Gasteiger partial charge in [-0.05, 0) is 25.3 Å². The molecule has 1 fully saturated rings. The molecular weight excluding hydrogens is 214 g/mol. The highest BCUT2D eigenvalue weighted by Gasteiger charge is 2.38. The Kier molecular flexibility index (Phi) is 5.42. The third kappa shape index (κ3) is 3.43. The molecule has 1 rings (SSSR count). The molecule has 1 heterocycles. The summed E-state index contributed by atoms with van der Waals surface area (Å²) in [6.07, 6.45) is 8.38. The predicted molar refractivity (Wildman–Crippen MR) is 69.5 cm³/mol. The summed E-state index contributed by atoms with van der Waals surface area (Å²) in [4.78, 5) is 11.6. The molecule has 0 aliphatic carbocycles. The fourth-order valence-corrected chi connectivity index (χ4v) is 2.78. The predicted octanol–water partition coefficient (Wildman–Crippen LogP) is 2.29. The second-order valence-electron chi connectivity index (χ2n) is 4.79. The van der Waals surface area contributed by atoms with Crippen molar-refractivity contribution in [1.29, 1.82) is 0 Å². The van der Waals surface area contributed by atoms with Crippen LogP contribution >= 0.6 is 0 Å². The number of methoxy groups -OCH3 is 1. The van der Waals surface area contributed by atoms with E-state index >= 15 is 0 Å². The number of nitrogens with zero attached hydrogens (tertiary/aromatic N) is 1. The monoisotopic (exact) mass is 238 g/mol. The normalized spacial score (nSPS) is 20.3. The zero-order valence-electron chi connectivity index (χ0n) is 10.9. The van der Waals surface area contributed by atoms with Crippen molar-refractivity contribution in [2.75, 3.05) is 26.7 Å². The van der Waals surface area contributed by atoms with Crippen LogP contribution in [0, 0.1) is 0 Å². The van der Waals surface area contributed by atoms with Crippen LogP contribution in [-0.4, -0.2) is 43.2 Å². The quantitative estimate of drug-likeness (QED) is 0.403. The third-order valence-electron chi connectivity index (χ3n) is 3.76. The molecule has 17 heavy (non-hydrogen) atoms. The average molecular weight is 238 g/mol. The summed E-state index contributed by atoms with van der Waals surface area (Å²) in [6.45, 7) is 10.3. The molecule has 1 aliphatic rings. The van der Waals surface area contributed by atoms with Crippen LogP contribution in [0.1, 0.15) is 25.7 Å². The van der Waals surface area contributed by atoms with Crippen molar-refractivity contribution in [2.45, 2.75) is 31.7 Å². The Balaban J connectivity index is 2.85. The maximum atomic E-state index is 11.6. The fourth-order valence-electron chi connectivity index (χ4n) is 2.78. The molecule has 0 unspecified atom stereocenters. The Hall–Kier alpha value is -1.09. The minimum absolute atomic E-state index is 0.122. The van der Waals surface area contributed by atoms with Gasteiger partial charge in [-0.15, -0.1) is 6.58 Å². The van der Waals surface area contributed by atoms with E-state index in [-0.39, 0.29) is 12.0 Å². The zero-order chi connectivity index (χ0) is 12.7. The number of carbonyl (C=O) groups excluding carboxylic acids is 1. The van der Waals surface area contributed by atoms with Gasteiger partial charge in [0.05, 0.1) is 20.2 Å². The highest BCUT2D eigenvalue weighted by Crippen LogP contribution is 2.25. The fraction of sp³-hybridized carbons (Fsp3) is 0.643. The van der Waals surface area contributed by atoms with Crippen LogP contribution in [0.2, 0.25) is 0 Å². The van der Waals surface area contributed by atoms with Crippen LogP contribution < -0.4 is 0 Å². The van der Waals surface area contributed by atoms with Gasteiger partial charge in [-0.1, -0.05) is 12.7 Å². The van der Waals surface area contributed by atoms with E-state index < -0.39 is 0 Å². The minimum Gasteiger partial charge on any atom is -0.465 e. The largest absolute Gasteiger partial charge is 0.465 e. The van der Waals surface area contributed by atoms with Crippen LogP contribution in [0.5, 0.6) is 0 Å². The highest BCUT2D eigenvalue weighted by atomic mass is 16.5. The van der Waals surface area contributed by atoms with Gasteiger partial charge >= 0.3 is 5.97 Å². The number of quaternary nitrogens is 1. The summed E-state index contributed by atoms with van der Waals surface area (Å²) in [5.41, 5.74) is 0. The Morgan fingerprint density at radius 2 is 2.00 bits per heavy atom. The molecule has 96 valence electrons. The van der Waals surface area contributed by atoms with Gasteiger partial charge in [-0.2, -0.15) is 0 Å². The molecule has 0 aromatic carbocycles. The van der Waals surface area contributed by atoms with E-state index in [1.165, 1.54) is 26.4 Å². The molecule has 1 atom stereocenters. The van der Waals surface area contributed by atoms with Crippen molar-refractivity contribution < 1.29 is 14.0 Å². The lowest BCUT2D eigenvalue weighted by atomic mass is 10.0. The van der Waals surface area contributed by atoms with Crippen molar-refractivity contribution in [3.05, 3.63) is 25.3 Å². The molecule has 0 N–H and O–H groups in total. The molecule has 0 spiro atoms. The van der Waals surface area contributed by atoms with Crippen LogP contribution in [0.4, 0.5) is 0 Å². The first-order valence-electron chi connectivity index (χ1n) is 6.34. The van der Waals surface area contributed by atoms with Crippen LogP contribution in [0.25, 0.3) is 0 Å². The van der Waals surface area contributed by atoms with E-state index in [2.05, 4.69) is 13.2 Å². The molecule has 0 saturated carbocycles. The SMILES string of the molecule is C=CC[C@H](C=C)[N+]1(CC(=O)OC)CCCCC1. The van der Waals surface area contributed by atoms with Crippen LogP contribution in [0.3, 0.4) is 0 Å². The number of ether oxygens (including phenoxy) is 1. The number of piperidine rings is 1. The molecule has 0 radical (unpaired) electrons. The van der Waals surface area contributed by atoms with E-state index in [1.807, 2.05) is 12.2 Å². The van der Waals surface area contributed by atoms with E-state index in [1.54, 1.807) is 0 Å². The summed E-state index contributed by atoms with van der Waals surface area (Å²) in [6, 6.07) is 0.284. The molecule has 1 saturated heterocycles. The summed E-state index contributed by atoms with van der Waals surface area (Å²) in [5.74, 6) is -0.122. The summed E-state index contributed by atoms with van der Waals surface area (Å²) in [7, 11) is 1.46. The minimum atomic E-state index is -0.122. The lowest BCUT2D eigenvalue weighted by molar-refractivity contribution is -0.942. The zero-order valence-corrected chi connectivity index (χ0v) is 10.9. The van der Waals surface area contributed by atoms with Crippen molar-refractivity contribution in [2.24, 2.45) is 0 Å². The van der Waals surface area contributed by atoms with Crippen LogP contribution in [-0.2, 0) is 9.53 Å². The van der Waals surface area contributed by atoms with Gasteiger partial charge in [0.2, 0.25) is 0 Å². The Morgan fingerprint density at radius 1 is 1.35 bits per heavy atom. The van der Waals surface area contributed by atoms with E-state index in [9.17, 15) is 4.79 Å². The maximum absolute atomic E-state index is 11.6. The molecule has 1 aliphatic heterocycles. The molecule has 3 nitrogen and oxygen atoms in total. The highest BCUT2D eigenvalue weighted by molar-refractivity contribution is 5.70. The molecule has 0 amide bonds. The lowest BCUT2D eigenvalue weighted by Gasteiger charge is -2.45. The van der Waals surface area contributed by atoms with Gasteiger partial charge in [0.25, 0.3) is 0 Å². The first kappa shape index (κ1) is 14.0. The number of carbonyl (C=O) groups is 1. The second kappa shape index (κ2) is 6.60. The van der Waals surface area contributed by atoms with Gasteiger partial charge in [-0.25, -0.2) is 4.79 Å². The van der Waals surface area contributed by atoms with Crippen molar-refractivity contribution in [1.82, 2.24) is 0 Å². The number of hydrogen-bond acceptors (Lipinski definition) is 2. The first-order chi connectivity index (χ1) is 8.18. The van der Waals surface area contributed by atoms with Crippen LogP contribution in [0.15, 0.2) is 25.3 Å².